The number of rotatable bonds is 7. The number of aliphatic hydroxyl groups excluding tert-OH is 1. The van der Waals surface area contributed by atoms with Crippen LogP contribution in [0.1, 0.15) is 45.1 Å². The molecule has 0 aliphatic rings. The Labute approximate surface area is 105 Å². The Hall–Kier alpha value is -0.860. The maximum atomic E-state index is 9.31. The van der Waals surface area contributed by atoms with Gasteiger partial charge in [0.2, 0.25) is 0 Å². The first-order valence-electron chi connectivity index (χ1n) is 6.52. The van der Waals surface area contributed by atoms with E-state index in [1.165, 1.54) is 5.56 Å². The summed E-state index contributed by atoms with van der Waals surface area (Å²) in [6.45, 7) is 7.56. The summed E-state index contributed by atoms with van der Waals surface area (Å²) in [6, 6.07) is 10.6. The van der Waals surface area contributed by atoms with Gasteiger partial charge in [-0.25, -0.2) is 0 Å². The lowest BCUT2D eigenvalue weighted by Gasteiger charge is -2.28. The van der Waals surface area contributed by atoms with E-state index in [9.17, 15) is 5.11 Å². The van der Waals surface area contributed by atoms with Gasteiger partial charge in [-0.3, -0.25) is 0 Å². The van der Waals surface area contributed by atoms with Crippen molar-refractivity contribution in [2.75, 3.05) is 13.2 Å². The lowest BCUT2D eigenvalue weighted by molar-refractivity contribution is 0.169. The lowest BCUT2D eigenvalue weighted by Crippen LogP contribution is -2.45. The number of aliphatic hydroxyl groups is 1. The SMILES string of the molecule is CCC(C)(CO)NCCC(C)c1ccccc1. The van der Waals surface area contributed by atoms with Crippen LogP contribution in [-0.4, -0.2) is 23.8 Å². The maximum absolute atomic E-state index is 9.31. The summed E-state index contributed by atoms with van der Waals surface area (Å²) in [4.78, 5) is 0. The Morgan fingerprint density at radius 2 is 1.94 bits per heavy atom. The third kappa shape index (κ3) is 4.49. The minimum absolute atomic E-state index is 0.129. The van der Waals surface area contributed by atoms with Crippen LogP contribution in [0.3, 0.4) is 0 Å². The van der Waals surface area contributed by atoms with Gasteiger partial charge >= 0.3 is 0 Å². The molecule has 0 bridgehead atoms. The maximum Gasteiger partial charge on any atom is 0.0610 e. The Balaban J connectivity index is 2.37. The molecule has 0 aromatic heterocycles. The molecule has 2 nitrogen and oxygen atoms in total. The lowest BCUT2D eigenvalue weighted by atomic mass is 9.96. The molecule has 0 radical (unpaired) electrons. The molecule has 0 aliphatic carbocycles. The van der Waals surface area contributed by atoms with Crippen LogP contribution in [0.2, 0.25) is 0 Å². The Morgan fingerprint density at radius 3 is 2.47 bits per heavy atom. The van der Waals surface area contributed by atoms with Gasteiger partial charge in [0, 0.05) is 5.54 Å². The van der Waals surface area contributed by atoms with E-state index in [1.807, 2.05) is 6.07 Å². The van der Waals surface area contributed by atoms with Gasteiger partial charge in [-0.1, -0.05) is 44.2 Å². The molecule has 0 saturated carbocycles. The normalized spacial score (nSPS) is 16.5. The molecule has 2 heteroatoms. The fraction of sp³-hybridized carbons (Fsp3) is 0.600. The summed E-state index contributed by atoms with van der Waals surface area (Å²) in [5.41, 5.74) is 1.26. The molecule has 0 heterocycles. The van der Waals surface area contributed by atoms with Crippen LogP contribution in [0.5, 0.6) is 0 Å². The molecule has 0 saturated heterocycles. The quantitative estimate of drug-likeness (QED) is 0.761. The second-order valence-electron chi connectivity index (χ2n) is 5.10. The predicted molar refractivity (Wildman–Crippen MR) is 73.3 cm³/mol. The van der Waals surface area contributed by atoms with Gasteiger partial charge in [-0.05, 0) is 37.8 Å². The van der Waals surface area contributed by atoms with Crippen molar-refractivity contribution in [1.29, 1.82) is 0 Å². The van der Waals surface area contributed by atoms with Gasteiger partial charge < -0.3 is 10.4 Å². The van der Waals surface area contributed by atoms with E-state index in [4.69, 9.17) is 0 Å². The van der Waals surface area contributed by atoms with Gasteiger partial charge in [0.15, 0.2) is 0 Å². The minimum Gasteiger partial charge on any atom is -0.394 e. The fourth-order valence-corrected chi connectivity index (χ4v) is 1.83. The minimum atomic E-state index is -0.129. The summed E-state index contributed by atoms with van der Waals surface area (Å²) in [5.74, 6) is 0.559. The van der Waals surface area contributed by atoms with Crippen LogP contribution in [0.4, 0.5) is 0 Å². The highest BCUT2D eigenvalue weighted by atomic mass is 16.3. The molecule has 1 rings (SSSR count). The molecule has 0 spiro atoms. The molecule has 2 N–H and O–H groups in total. The molecule has 2 unspecified atom stereocenters. The van der Waals surface area contributed by atoms with Crippen LogP contribution in [0, 0.1) is 0 Å². The summed E-state index contributed by atoms with van der Waals surface area (Å²) in [6.07, 6.45) is 2.04. The smallest absolute Gasteiger partial charge is 0.0610 e. The molecule has 0 amide bonds. The predicted octanol–water partition coefficient (Wildman–Crippen LogP) is 2.93. The van der Waals surface area contributed by atoms with E-state index in [0.717, 1.165) is 19.4 Å². The number of nitrogens with one attached hydrogen (secondary N) is 1. The monoisotopic (exact) mass is 235 g/mol. The summed E-state index contributed by atoms with van der Waals surface area (Å²) < 4.78 is 0. The number of hydrogen-bond donors (Lipinski definition) is 2. The van der Waals surface area contributed by atoms with E-state index >= 15 is 0 Å². The first-order chi connectivity index (χ1) is 8.11. The van der Waals surface area contributed by atoms with E-state index in [1.54, 1.807) is 0 Å². The molecular formula is C15H25NO. The Kier molecular flexibility index (Phi) is 5.66. The van der Waals surface area contributed by atoms with Crippen molar-refractivity contribution in [2.24, 2.45) is 0 Å². The van der Waals surface area contributed by atoms with Crippen LogP contribution in [0.25, 0.3) is 0 Å². The highest BCUT2D eigenvalue weighted by Gasteiger charge is 2.19. The Bertz CT molecular complexity index is 306. The number of hydrogen-bond acceptors (Lipinski definition) is 2. The molecule has 0 fully saturated rings. The average molecular weight is 235 g/mol. The van der Waals surface area contributed by atoms with E-state index in [-0.39, 0.29) is 12.1 Å². The largest absolute Gasteiger partial charge is 0.394 e. The molecule has 1 aromatic carbocycles. The summed E-state index contributed by atoms with van der Waals surface area (Å²) in [5, 5.41) is 12.8. The van der Waals surface area contributed by atoms with E-state index < -0.39 is 0 Å². The average Bonchev–Trinajstić information content (AvgIpc) is 2.39. The molecule has 1 aromatic rings. The number of benzene rings is 1. The summed E-state index contributed by atoms with van der Waals surface area (Å²) >= 11 is 0. The van der Waals surface area contributed by atoms with Gasteiger partial charge in [0.05, 0.1) is 6.61 Å². The van der Waals surface area contributed by atoms with Gasteiger partial charge in [0.1, 0.15) is 0 Å². The fourth-order valence-electron chi connectivity index (χ4n) is 1.83. The van der Waals surface area contributed by atoms with Gasteiger partial charge in [-0.2, -0.15) is 0 Å². The molecule has 2 atom stereocenters. The van der Waals surface area contributed by atoms with E-state index in [2.05, 4.69) is 50.4 Å². The molecule has 0 aliphatic heterocycles. The second-order valence-corrected chi connectivity index (χ2v) is 5.10. The highest BCUT2D eigenvalue weighted by molar-refractivity contribution is 5.18. The topological polar surface area (TPSA) is 32.3 Å². The van der Waals surface area contributed by atoms with Gasteiger partial charge in [0.25, 0.3) is 0 Å². The first-order valence-corrected chi connectivity index (χ1v) is 6.52. The Morgan fingerprint density at radius 1 is 1.29 bits per heavy atom. The van der Waals surface area contributed by atoms with Crippen LogP contribution < -0.4 is 5.32 Å². The molecule has 96 valence electrons. The molecular weight excluding hydrogens is 210 g/mol. The zero-order valence-electron chi connectivity index (χ0n) is 11.2. The highest BCUT2D eigenvalue weighted by Crippen LogP contribution is 2.18. The van der Waals surface area contributed by atoms with Crippen molar-refractivity contribution in [3.05, 3.63) is 35.9 Å². The van der Waals surface area contributed by atoms with Crippen molar-refractivity contribution in [3.63, 3.8) is 0 Å². The summed E-state index contributed by atoms with van der Waals surface area (Å²) in [7, 11) is 0. The van der Waals surface area contributed by atoms with Crippen molar-refractivity contribution in [1.82, 2.24) is 5.32 Å². The van der Waals surface area contributed by atoms with Crippen molar-refractivity contribution in [3.8, 4) is 0 Å². The third-order valence-corrected chi connectivity index (χ3v) is 3.63. The zero-order valence-corrected chi connectivity index (χ0v) is 11.2. The first kappa shape index (κ1) is 14.2. The zero-order chi connectivity index (χ0) is 12.7. The third-order valence-electron chi connectivity index (χ3n) is 3.63. The van der Waals surface area contributed by atoms with Crippen LogP contribution in [0.15, 0.2) is 30.3 Å². The van der Waals surface area contributed by atoms with Crippen LogP contribution in [-0.2, 0) is 0 Å². The van der Waals surface area contributed by atoms with Crippen molar-refractivity contribution < 1.29 is 5.11 Å². The van der Waals surface area contributed by atoms with Gasteiger partial charge in [-0.15, -0.1) is 0 Å². The standard InChI is InChI=1S/C15H25NO/c1-4-15(3,12-17)16-11-10-13(2)14-8-6-5-7-9-14/h5-9,13,16-17H,4,10-12H2,1-3H3. The van der Waals surface area contributed by atoms with Crippen molar-refractivity contribution >= 4 is 0 Å². The molecule has 17 heavy (non-hydrogen) atoms. The van der Waals surface area contributed by atoms with Crippen LogP contribution >= 0.6 is 0 Å². The van der Waals surface area contributed by atoms with E-state index in [0.29, 0.717) is 5.92 Å². The second kappa shape index (κ2) is 6.77. The van der Waals surface area contributed by atoms with Crippen molar-refractivity contribution in [2.45, 2.75) is 45.1 Å².